The van der Waals surface area contributed by atoms with Gasteiger partial charge in [0.15, 0.2) is 0 Å². The van der Waals surface area contributed by atoms with E-state index < -0.39 is 0 Å². The Kier molecular flexibility index (Phi) is 6.40. The van der Waals surface area contributed by atoms with Crippen LogP contribution in [-0.2, 0) is 5.54 Å². The van der Waals surface area contributed by atoms with E-state index in [9.17, 15) is 0 Å². The standard InChI is InChI=1S/C40H34N2/c1-40(2,3)42-38-23-12-10-21-35(38)36-27-30(24-25-39(36)42)29-16-13-17-31(26-29)41-37-22-11-9-20-34(37)33-19-8-7-18-32(33)28-14-5-4-6-15-28/h4-27,41H,1-3H3. The molecule has 0 atom stereocenters. The molecule has 7 rings (SSSR count). The monoisotopic (exact) mass is 542 g/mol. The highest BCUT2D eigenvalue weighted by Crippen LogP contribution is 2.39. The van der Waals surface area contributed by atoms with Gasteiger partial charge in [-0.2, -0.15) is 0 Å². The van der Waals surface area contributed by atoms with Crippen molar-refractivity contribution in [3.05, 3.63) is 146 Å². The van der Waals surface area contributed by atoms with Gasteiger partial charge < -0.3 is 9.88 Å². The molecule has 0 saturated carbocycles. The number of fused-ring (bicyclic) bond motifs is 3. The maximum atomic E-state index is 3.75. The third-order valence-electron chi connectivity index (χ3n) is 8.05. The highest BCUT2D eigenvalue weighted by atomic mass is 15.0. The number of hydrogen-bond donors (Lipinski definition) is 1. The van der Waals surface area contributed by atoms with E-state index in [2.05, 4.69) is 176 Å². The maximum Gasteiger partial charge on any atom is 0.0496 e. The van der Waals surface area contributed by atoms with Crippen molar-refractivity contribution in [1.29, 1.82) is 0 Å². The molecular weight excluding hydrogens is 508 g/mol. The van der Waals surface area contributed by atoms with Crippen molar-refractivity contribution in [3.8, 4) is 33.4 Å². The fourth-order valence-corrected chi connectivity index (χ4v) is 6.22. The quantitative estimate of drug-likeness (QED) is 0.229. The molecule has 0 amide bonds. The molecule has 0 aliphatic rings. The van der Waals surface area contributed by atoms with Gasteiger partial charge in [0.25, 0.3) is 0 Å². The third-order valence-corrected chi connectivity index (χ3v) is 8.05. The van der Waals surface area contributed by atoms with Crippen molar-refractivity contribution in [2.75, 3.05) is 5.32 Å². The SMILES string of the molecule is CC(C)(C)n1c2ccccc2c2cc(-c3cccc(Nc4ccccc4-c4ccccc4-c4ccccc4)c3)ccc21. The van der Waals surface area contributed by atoms with Gasteiger partial charge in [-0.15, -0.1) is 0 Å². The molecule has 0 saturated heterocycles. The Hall–Kier alpha value is -5.08. The first-order chi connectivity index (χ1) is 20.5. The van der Waals surface area contributed by atoms with Crippen LogP contribution in [0.15, 0.2) is 146 Å². The second-order valence-electron chi connectivity index (χ2n) is 11.9. The second kappa shape index (κ2) is 10.4. The summed E-state index contributed by atoms with van der Waals surface area (Å²) >= 11 is 0. The molecule has 7 aromatic rings. The predicted octanol–water partition coefficient (Wildman–Crippen LogP) is 11.3. The molecule has 2 heteroatoms. The summed E-state index contributed by atoms with van der Waals surface area (Å²) < 4.78 is 2.46. The zero-order valence-electron chi connectivity index (χ0n) is 24.3. The number of hydrogen-bond acceptors (Lipinski definition) is 1. The van der Waals surface area contributed by atoms with Gasteiger partial charge in [-0.05, 0) is 85.0 Å². The van der Waals surface area contributed by atoms with Crippen LogP contribution in [0.3, 0.4) is 0 Å². The van der Waals surface area contributed by atoms with Gasteiger partial charge in [-0.25, -0.2) is 0 Å². The fraction of sp³-hybridized carbons (Fsp3) is 0.100. The van der Waals surface area contributed by atoms with Crippen molar-refractivity contribution in [1.82, 2.24) is 4.57 Å². The van der Waals surface area contributed by atoms with Gasteiger partial charge in [-0.1, -0.05) is 109 Å². The zero-order valence-corrected chi connectivity index (χ0v) is 24.3. The first-order valence-electron chi connectivity index (χ1n) is 14.6. The molecule has 0 aliphatic carbocycles. The molecule has 0 fully saturated rings. The van der Waals surface area contributed by atoms with E-state index in [-0.39, 0.29) is 5.54 Å². The topological polar surface area (TPSA) is 17.0 Å². The molecular formula is C40H34N2. The highest BCUT2D eigenvalue weighted by Gasteiger charge is 2.20. The Morgan fingerprint density at radius 2 is 1.07 bits per heavy atom. The molecule has 1 heterocycles. The summed E-state index contributed by atoms with van der Waals surface area (Å²) in [4.78, 5) is 0. The average Bonchev–Trinajstić information content (AvgIpc) is 3.36. The summed E-state index contributed by atoms with van der Waals surface area (Å²) in [6.07, 6.45) is 0. The molecule has 0 unspecified atom stereocenters. The van der Waals surface area contributed by atoms with Gasteiger partial charge in [0.05, 0.1) is 0 Å². The lowest BCUT2D eigenvalue weighted by molar-refractivity contribution is 0.423. The van der Waals surface area contributed by atoms with E-state index in [0.717, 1.165) is 11.4 Å². The molecule has 1 aromatic heterocycles. The molecule has 1 N–H and O–H groups in total. The van der Waals surface area contributed by atoms with Crippen LogP contribution in [0.5, 0.6) is 0 Å². The Bertz CT molecular complexity index is 2040. The minimum Gasteiger partial charge on any atom is -0.355 e. The first kappa shape index (κ1) is 25.9. The molecule has 42 heavy (non-hydrogen) atoms. The summed E-state index contributed by atoms with van der Waals surface area (Å²) in [6.45, 7) is 6.83. The van der Waals surface area contributed by atoms with Crippen molar-refractivity contribution in [2.45, 2.75) is 26.3 Å². The Balaban J connectivity index is 1.28. The minimum absolute atomic E-state index is 0.0147. The van der Waals surface area contributed by atoms with Crippen LogP contribution in [0, 0.1) is 0 Å². The highest BCUT2D eigenvalue weighted by molar-refractivity contribution is 6.09. The van der Waals surface area contributed by atoms with E-state index in [1.807, 2.05) is 0 Å². The number of nitrogens with one attached hydrogen (secondary N) is 1. The number of benzene rings is 6. The summed E-state index contributed by atoms with van der Waals surface area (Å²) in [6, 6.07) is 52.2. The van der Waals surface area contributed by atoms with Gasteiger partial charge in [-0.3, -0.25) is 0 Å². The summed E-state index contributed by atoms with van der Waals surface area (Å²) in [7, 11) is 0. The number of rotatable bonds is 5. The fourth-order valence-electron chi connectivity index (χ4n) is 6.22. The molecule has 2 nitrogen and oxygen atoms in total. The predicted molar refractivity (Wildman–Crippen MR) is 180 cm³/mol. The maximum absolute atomic E-state index is 3.75. The normalized spacial score (nSPS) is 11.7. The Morgan fingerprint density at radius 1 is 0.452 bits per heavy atom. The van der Waals surface area contributed by atoms with Gasteiger partial charge >= 0.3 is 0 Å². The lowest BCUT2D eigenvalue weighted by Crippen LogP contribution is -2.21. The third kappa shape index (κ3) is 4.65. The lowest BCUT2D eigenvalue weighted by atomic mass is 9.93. The van der Waals surface area contributed by atoms with Crippen LogP contribution < -0.4 is 5.32 Å². The van der Waals surface area contributed by atoms with Crippen molar-refractivity contribution in [3.63, 3.8) is 0 Å². The summed E-state index contributed by atoms with van der Waals surface area (Å²) in [5.74, 6) is 0. The van der Waals surface area contributed by atoms with Crippen LogP contribution in [0.1, 0.15) is 20.8 Å². The number of para-hydroxylation sites is 2. The minimum atomic E-state index is -0.0147. The van der Waals surface area contributed by atoms with Gasteiger partial charge in [0, 0.05) is 44.3 Å². The zero-order chi connectivity index (χ0) is 28.7. The Morgan fingerprint density at radius 3 is 1.88 bits per heavy atom. The summed E-state index contributed by atoms with van der Waals surface area (Å²) in [5, 5.41) is 6.33. The first-order valence-corrected chi connectivity index (χ1v) is 14.6. The molecule has 0 radical (unpaired) electrons. The summed E-state index contributed by atoms with van der Waals surface area (Å²) in [5.41, 5.74) is 11.9. The van der Waals surface area contributed by atoms with E-state index in [1.54, 1.807) is 0 Å². The molecule has 0 spiro atoms. The van der Waals surface area contributed by atoms with Crippen molar-refractivity contribution < 1.29 is 0 Å². The Labute approximate surface area is 247 Å². The second-order valence-corrected chi connectivity index (χ2v) is 11.9. The van der Waals surface area contributed by atoms with Crippen LogP contribution in [-0.4, -0.2) is 4.57 Å². The lowest BCUT2D eigenvalue weighted by Gasteiger charge is -2.24. The average molecular weight is 543 g/mol. The molecule has 0 aliphatic heterocycles. The van der Waals surface area contributed by atoms with E-state index in [1.165, 1.54) is 55.2 Å². The van der Waals surface area contributed by atoms with Crippen LogP contribution in [0.4, 0.5) is 11.4 Å². The number of aromatic nitrogens is 1. The van der Waals surface area contributed by atoms with Crippen LogP contribution in [0.2, 0.25) is 0 Å². The van der Waals surface area contributed by atoms with Gasteiger partial charge in [0.2, 0.25) is 0 Å². The van der Waals surface area contributed by atoms with E-state index >= 15 is 0 Å². The number of nitrogens with zero attached hydrogens (tertiary/aromatic N) is 1. The van der Waals surface area contributed by atoms with Crippen molar-refractivity contribution in [2.24, 2.45) is 0 Å². The largest absolute Gasteiger partial charge is 0.355 e. The molecule has 6 aromatic carbocycles. The molecule has 204 valence electrons. The van der Waals surface area contributed by atoms with Crippen molar-refractivity contribution >= 4 is 33.2 Å². The van der Waals surface area contributed by atoms with E-state index in [0.29, 0.717) is 0 Å². The number of anilines is 2. The smallest absolute Gasteiger partial charge is 0.0496 e. The molecule has 0 bridgehead atoms. The van der Waals surface area contributed by atoms with E-state index in [4.69, 9.17) is 0 Å². The van der Waals surface area contributed by atoms with Crippen LogP contribution in [0.25, 0.3) is 55.2 Å². The van der Waals surface area contributed by atoms with Gasteiger partial charge in [0.1, 0.15) is 0 Å². The van der Waals surface area contributed by atoms with Crippen LogP contribution >= 0.6 is 0 Å².